The molecule has 0 aliphatic heterocycles. The van der Waals surface area contributed by atoms with Crippen LogP contribution in [0.5, 0.6) is 0 Å². The number of hydrogen-bond acceptors (Lipinski definition) is 2. The van der Waals surface area contributed by atoms with Gasteiger partial charge in [-0.1, -0.05) is 0 Å². The minimum absolute atomic E-state index is 0.000386. The molecule has 0 aromatic heterocycles. The van der Waals surface area contributed by atoms with Crippen molar-refractivity contribution in [3.8, 4) is 5.63 Å². The number of amides is 1. The van der Waals surface area contributed by atoms with Gasteiger partial charge >= 0.3 is 46.0 Å². The molecule has 2 N–H and O–H groups in total. The van der Waals surface area contributed by atoms with Crippen molar-refractivity contribution in [2.24, 2.45) is 0 Å². The summed E-state index contributed by atoms with van der Waals surface area (Å²) in [6.45, 7) is 0.000386. The van der Waals surface area contributed by atoms with Crippen molar-refractivity contribution in [1.82, 2.24) is 5.32 Å². The van der Waals surface area contributed by atoms with Gasteiger partial charge in [-0.2, -0.15) is 0 Å². The fraction of sp³-hybridized carbons (Fsp3) is 0.333. The molecule has 0 aromatic carbocycles. The minimum atomic E-state index is -1.14. The van der Waals surface area contributed by atoms with Crippen LogP contribution in [0.25, 0.3) is 0 Å². The Morgan fingerprint density at radius 2 is 2.50 bits per heavy atom. The number of nitrogens with one attached hydrogen (secondary N) is 1. The van der Waals surface area contributed by atoms with Crippen molar-refractivity contribution < 1.29 is 14.5 Å². The summed E-state index contributed by atoms with van der Waals surface area (Å²) in [6, 6.07) is 0. The van der Waals surface area contributed by atoms with Crippen LogP contribution in [0.3, 0.4) is 0 Å². The molecule has 0 rings (SSSR count). The number of rotatable bonds is 1. The summed E-state index contributed by atoms with van der Waals surface area (Å²) in [5, 5.41) is 9.83. The van der Waals surface area contributed by atoms with Crippen molar-refractivity contribution in [2.45, 2.75) is 0 Å². The molecule has 1 amide bonds. The third kappa shape index (κ3) is 5.28. The van der Waals surface area contributed by atoms with Crippen molar-refractivity contribution in [1.29, 1.82) is 0 Å². The van der Waals surface area contributed by atoms with Crippen molar-refractivity contribution in [2.75, 3.05) is 6.54 Å². The molecule has 0 saturated carbocycles. The monoisotopic (exact) mass is 133 g/mol. The molecule has 0 unspecified atom stereocenters. The average molecular weight is 133 g/mol. The van der Waals surface area contributed by atoms with Crippen LogP contribution in [0.4, 0.5) is 4.79 Å². The molecule has 0 bridgehead atoms. The van der Waals surface area contributed by atoms with Crippen LogP contribution < -0.4 is 5.32 Å². The Morgan fingerprint density at radius 3 is 2.88 bits per heavy atom. The van der Waals surface area contributed by atoms with Gasteiger partial charge in [-0.3, -0.25) is 0 Å². The molecule has 0 atom stereocenters. The molecule has 0 aliphatic carbocycles. The van der Waals surface area contributed by atoms with Gasteiger partial charge in [-0.15, -0.1) is 0 Å². The van der Waals surface area contributed by atoms with Crippen LogP contribution >= 0.6 is 7.92 Å². The first-order valence-corrected chi connectivity index (χ1v) is 2.60. The van der Waals surface area contributed by atoms with Gasteiger partial charge in [-0.05, 0) is 0 Å². The van der Waals surface area contributed by atoms with Gasteiger partial charge in [0.05, 0.1) is 0 Å². The second-order valence-electron chi connectivity index (χ2n) is 0.908. The quantitative estimate of drug-likeness (QED) is 0.512. The molecular weight excluding hydrogens is 129 g/mol. The number of carbonyl (C=O) groups is 1. The Hall–Kier alpha value is -0.720. The van der Waals surface area contributed by atoms with Crippen LogP contribution in [-0.4, -0.2) is 17.7 Å². The maximum atomic E-state index is 9.62. The number of carboxylic acid groups (broad SMARTS) is 1. The predicted molar refractivity (Wildman–Crippen MR) is 27.5 cm³/mol. The van der Waals surface area contributed by atoms with E-state index in [1.54, 1.807) is 0 Å². The fourth-order valence-corrected chi connectivity index (χ4v) is 0.291. The molecule has 5 heteroatoms. The summed E-state index contributed by atoms with van der Waals surface area (Å²) in [5.74, 6) is 0. The Bertz CT molecular complexity index is 170. The Morgan fingerprint density at radius 1 is 1.88 bits per heavy atom. The van der Waals surface area contributed by atoms with E-state index in [2.05, 4.69) is 5.63 Å². The standard InChI is InChI=1S/C3H4NO3P/c5-3(6)4-1-2-8-7/h4H,1H2,(H,5,6). The van der Waals surface area contributed by atoms with Crippen molar-refractivity contribution >= 4 is 14.0 Å². The van der Waals surface area contributed by atoms with Crippen molar-refractivity contribution in [3.63, 3.8) is 0 Å². The van der Waals surface area contributed by atoms with E-state index in [0.29, 0.717) is 0 Å². The van der Waals surface area contributed by atoms with Gasteiger partial charge in [0.2, 0.25) is 0 Å². The second-order valence-corrected chi connectivity index (χ2v) is 1.41. The van der Waals surface area contributed by atoms with Gasteiger partial charge < -0.3 is 0 Å². The third-order valence-corrected chi connectivity index (χ3v) is 0.670. The Kier molecular flexibility index (Phi) is 4.04. The molecule has 0 heterocycles. The Balaban J connectivity index is 3.28. The van der Waals surface area contributed by atoms with Crippen LogP contribution in [-0.2, 0) is 4.57 Å². The average Bonchev–Trinajstić information content (AvgIpc) is 1.66. The molecule has 8 heavy (non-hydrogen) atoms. The van der Waals surface area contributed by atoms with Crippen LogP contribution in [0.15, 0.2) is 0 Å². The van der Waals surface area contributed by atoms with Gasteiger partial charge in [0.15, 0.2) is 0 Å². The summed E-state index contributed by atoms with van der Waals surface area (Å²) in [6.07, 6.45) is -1.14. The summed E-state index contributed by atoms with van der Waals surface area (Å²) in [7, 11) is -0.275. The molecule has 0 fully saturated rings. The first-order chi connectivity index (χ1) is 3.77. The van der Waals surface area contributed by atoms with E-state index < -0.39 is 6.09 Å². The molecule has 0 aliphatic rings. The maximum absolute atomic E-state index is 9.62. The summed E-state index contributed by atoms with van der Waals surface area (Å²) in [4.78, 5) is 9.62. The van der Waals surface area contributed by atoms with E-state index in [1.165, 1.54) is 0 Å². The molecule has 0 aromatic rings. The summed E-state index contributed by atoms with van der Waals surface area (Å²) in [5.41, 5.74) is 2.20. The zero-order chi connectivity index (χ0) is 6.41. The van der Waals surface area contributed by atoms with E-state index in [-0.39, 0.29) is 14.5 Å². The Labute approximate surface area is 47.0 Å². The van der Waals surface area contributed by atoms with Crippen LogP contribution in [0.1, 0.15) is 0 Å². The van der Waals surface area contributed by atoms with Gasteiger partial charge in [0, 0.05) is 0 Å². The van der Waals surface area contributed by atoms with E-state index >= 15 is 0 Å². The van der Waals surface area contributed by atoms with Crippen LogP contribution in [0, 0.1) is 5.63 Å². The number of hydrogen-bond donors (Lipinski definition) is 2. The first kappa shape index (κ1) is 7.28. The van der Waals surface area contributed by atoms with Gasteiger partial charge in [0.1, 0.15) is 0 Å². The molecule has 0 saturated heterocycles. The molecular formula is C3H4NO3P. The van der Waals surface area contributed by atoms with E-state index in [4.69, 9.17) is 5.11 Å². The first-order valence-electron chi connectivity index (χ1n) is 1.79. The summed E-state index contributed by atoms with van der Waals surface area (Å²) >= 11 is 0. The molecule has 44 valence electrons. The zero-order valence-electron chi connectivity index (χ0n) is 3.92. The van der Waals surface area contributed by atoms with Gasteiger partial charge in [-0.25, -0.2) is 0 Å². The van der Waals surface area contributed by atoms with Crippen LogP contribution in [0.2, 0.25) is 0 Å². The SMILES string of the molecule is O=P#CCNC(=O)O. The normalized spacial score (nSPS) is 7.00. The predicted octanol–water partition coefficient (Wildman–Crippen LogP) is 0.505. The van der Waals surface area contributed by atoms with E-state index in [1.807, 2.05) is 5.32 Å². The van der Waals surface area contributed by atoms with Crippen molar-refractivity contribution in [3.05, 3.63) is 0 Å². The van der Waals surface area contributed by atoms with E-state index in [9.17, 15) is 9.36 Å². The van der Waals surface area contributed by atoms with Gasteiger partial charge in [0.25, 0.3) is 0 Å². The van der Waals surface area contributed by atoms with E-state index in [0.717, 1.165) is 0 Å². The fourth-order valence-electron chi connectivity index (χ4n) is 0.147. The third-order valence-electron chi connectivity index (χ3n) is 0.383. The molecule has 4 nitrogen and oxygen atoms in total. The second kappa shape index (κ2) is 4.44. The topological polar surface area (TPSA) is 66.4 Å². The zero-order valence-corrected chi connectivity index (χ0v) is 4.81. The molecule has 0 radical (unpaired) electrons. The summed E-state index contributed by atoms with van der Waals surface area (Å²) < 4.78 is 9.54. The molecule has 0 spiro atoms.